The molecular weight excluding hydrogens is 398 g/mol. The third kappa shape index (κ3) is 11.9. The maximum absolute atomic E-state index is 11.9. The average molecular weight is 426 g/mol. The van der Waals surface area contributed by atoms with E-state index >= 15 is 0 Å². The summed E-state index contributed by atoms with van der Waals surface area (Å²) in [5.74, 6) is -1.31. The van der Waals surface area contributed by atoms with Crippen molar-refractivity contribution in [1.82, 2.24) is 21.3 Å². The first-order chi connectivity index (χ1) is 13.9. The van der Waals surface area contributed by atoms with Crippen molar-refractivity contribution in [2.45, 2.75) is 12.6 Å². The predicted molar refractivity (Wildman–Crippen MR) is 110 cm³/mol. The molecule has 1 atom stereocenters. The Hall–Kier alpha value is -2.47. The number of hydrogen-bond acceptors (Lipinski definition) is 8. The van der Waals surface area contributed by atoms with Gasteiger partial charge in [0.05, 0.1) is 25.4 Å². The van der Waals surface area contributed by atoms with E-state index in [4.69, 9.17) is 5.73 Å². The Bertz CT molecular complexity index is 674. The Morgan fingerprint density at radius 1 is 0.966 bits per heavy atom. The molecule has 0 spiro atoms. The van der Waals surface area contributed by atoms with Crippen molar-refractivity contribution < 1.29 is 24.3 Å². The maximum Gasteiger partial charge on any atom is 0.239 e. The van der Waals surface area contributed by atoms with Gasteiger partial charge in [0, 0.05) is 12.1 Å². The Labute approximate surface area is 173 Å². The second kappa shape index (κ2) is 14.5. The number of thioether (sulfide) groups is 1. The highest BCUT2D eigenvalue weighted by atomic mass is 32.2. The molecule has 1 unspecified atom stereocenters. The topological polar surface area (TPSA) is 163 Å². The van der Waals surface area contributed by atoms with E-state index in [2.05, 4.69) is 21.3 Å². The zero-order valence-electron chi connectivity index (χ0n) is 16.0. The molecule has 0 aliphatic carbocycles. The van der Waals surface area contributed by atoms with Crippen molar-refractivity contribution in [1.29, 1.82) is 0 Å². The highest BCUT2D eigenvalue weighted by Crippen LogP contribution is 2.11. The van der Waals surface area contributed by atoms with Crippen molar-refractivity contribution in [2.75, 3.05) is 38.5 Å². The number of amides is 3. The van der Waals surface area contributed by atoms with E-state index in [1.54, 1.807) is 30.3 Å². The number of aliphatic hydroxyl groups excluding tert-OH is 1. The Morgan fingerprint density at radius 3 is 2.34 bits per heavy atom. The minimum atomic E-state index is -1.15. The molecule has 3 amide bonds. The molecule has 0 aromatic heterocycles. The molecule has 0 radical (unpaired) electrons. The summed E-state index contributed by atoms with van der Waals surface area (Å²) in [5.41, 5.74) is 5.81. The molecule has 0 heterocycles. The number of nitrogens with two attached hydrogens (primary N) is 1. The van der Waals surface area contributed by atoms with E-state index in [1.165, 1.54) is 0 Å². The molecule has 0 fully saturated rings. The standard InChI is InChI=1S/C18H27N5O5S/c19-7-4-8-20-14(24)9-21-15(25)10-22-16(26)11-23-17(27)12-29-18(28)13-5-2-1-3-6-13/h1-3,5-6,16,22,26H,4,7-12,19H2,(H,20,24)(H,21,25)(H,23,27). The van der Waals surface area contributed by atoms with Crippen LogP contribution in [0.2, 0.25) is 0 Å². The summed E-state index contributed by atoms with van der Waals surface area (Å²) in [6, 6.07) is 8.59. The van der Waals surface area contributed by atoms with Crippen molar-refractivity contribution in [3.8, 4) is 0 Å². The van der Waals surface area contributed by atoms with Crippen LogP contribution < -0.4 is 27.0 Å². The Kier molecular flexibility index (Phi) is 12.3. The quantitative estimate of drug-likeness (QED) is 0.159. The predicted octanol–water partition coefficient (Wildman–Crippen LogP) is -1.83. The minimum absolute atomic E-state index is 0.0831. The number of hydrogen-bond donors (Lipinski definition) is 6. The third-order valence-electron chi connectivity index (χ3n) is 3.48. The van der Waals surface area contributed by atoms with E-state index < -0.39 is 18.0 Å². The zero-order valence-corrected chi connectivity index (χ0v) is 16.8. The van der Waals surface area contributed by atoms with Gasteiger partial charge in [-0.15, -0.1) is 0 Å². The monoisotopic (exact) mass is 425 g/mol. The lowest BCUT2D eigenvalue weighted by Gasteiger charge is -2.13. The van der Waals surface area contributed by atoms with Gasteiger partial charge in [-0.1, -0.05) is 42.1 Å². The number of benzene rings is 1. The number of rotatable bonds is 13. The van der Waals surface area contributed by atoms with E-state index in [9.17, 15) is 24.3 Å². The van der Waals surface area contributed by atoms with Crippen molar-refractivity contribution >= 4 is 34.6 Å². The molecule has 0 saturated heterocycles. The van der Waals surface area contributed by atoms with Gasteiger partial charge in [0.25, 0.3) is 0 Å². The highest BCUT2D eigenvalue weighted by molar-refractivity contribution is 8.14. The largest absolute Gasteiger partial charge is 0.377 e. The number of aliphatic hydroxyl groups is 1. The summed E-state index contributed by atoms with van der Waals surface area (Å²) in [6.07, 6.45) is -0.504. The van der Waals surface area contributed by atoms with Crippen LogP contribution in [0.15, 0.2) is 30.3 Å². The summed E-state index contributed by atoms with van der Waals surface area (Å²) >= 11 is 0.862. The van der Waals surface area contributed by atoms with Crippen LogP contribution in [0.1, 0.15) is 16.8 Å². The number of carbonyl (C=O) groups excluding carboxylic acids is 4. The van der Waals surface area contributed by atoms with Gasteiger partial charge in [-0.3, -0.25) is 24.5 Å². The first-order valence-corrected chi connectivity index (χ1v) is 10.0. The zero-order chi connectivity index (χ0) is 21.5. The molecule has 10 nitrogen and oxygen atoms in total. The molecule has 160 valence electrons. The molecule has 1 rings (SSSR count). The van der Waals surface area contributed by atoms with E-state index in [1.807, 2.05) is 0 Å². The van der Waals surface area contributed by atoms with Crippen LogP contribution in [0.4, 0.5) is 0 Å². The average Bonchev–Trinajstić information content (AvgIpc) is 2.73. The molecule has 0 bridgehead atoms. The van der Waals surface area contributed by atoms with E-state index in [-0.39, 0.29) is 36.4 Å². The summed E-state index contributed by atoms with van der Waals surface area (Å²) in [4.78, 5) is 46.7. The van der Waals surface area contributed by atoms with Gasteiger partial charge in [0.15, 0.2) is 0 Å². The molecule has 0 aliphatic rings. The molecule has 1 aromatic carbocycles. The fourth-order valence-electron chi connectivity index (χ4n) is 1.97. The van der Waals surface area contributed by atoms with Gasteiger partial charge in [0.2, 0.25) is 22.8 Å². The SMILES string of the molecule is NCCCNC(=O)CNC(=O)CNC(O)CNC(=O)CSC(=O)c1ccccc1. The summed E-state index contributed by atoms with van der Waals surface area (Å²) in [5, 5.41) is 19.5. The van der Waals surface area contributed by atoms with E-state index in [0.717, 1.165) is 11.8 Å². The molecule has 11 heteroatoms. The van der Waals surface area contributed by atoms with Crippen LogP contribution in [-0.2, 0) is 14.4 Å². The van der Waals surface area contributed by atoms with Crippen molar-refractivity contribution in [3.63, 3.8) is 0 Å². The normalized spacial score (nSPS) is 11.4. The molecule has 29 heavy (non-hydrogen) atoms. The summed E-state index contributed by atoms with van der Waals surface area (Å²) < 4.78 is 0. The van der Waals surface area contributed by atoms with Crippen LogP contribution in [0.3, 0.4) is 0 Å². The highest BCUT2D eigenvalue weighted by Gasteiger charge is 2.12. The van der Waals surface area contributed by atoms with Gasteiger partial charge < -0.3 is 26.8 Å². The maximum atomic E-state index is 11.9. The minimum Gasteiger partial charge on any atom is -0.377 e. The lowest BCUT2D eigenvalue weighted by Crippen LogP contribution is -2.46. The summed E-state index contributed by atoms with van der Waals surface area (Å²) in [6.45, 7) is 0.370. The second-order valence-electron chi connectivity index (χ2n) is 5.91. The number of carbonyl (C=O) groups is 4. The fourth-order valence-corrected chi connectivity index (χ4v) is 2.63. The lowest BCUT2D eigenvalue weighted by atomic mass is 10.2. The first-order valence-electron chi connectivity index (χ1n) is 9.06. The lowest BCUT2D eigenvalue weighted by molar-refractivity contribution is -0.126. The van der Waals surface area contributed by atoms with Crippen LogP contribution in [0.25, 0.3) is 0 Å². The van der Waals surface area contributed by atoms with Crippen LogP contribution >= 0.6 is 11.8 Å². The molecular formula is C18H27N5O5S. The van der Waals surface area contributed by atoms with Crippen molar-refractivity contribution in [2.24, 2.45) is 5.73 Å². The molecule has 7 N–H and O–H groups in total. The molecule has 0 saturated carbocycles. The molecule has 0 aliphatic heterocycles. The van der Waals surface area contributed by atoms with Crippen LogP contribution in [-0.4, -0.2) is 72.6 Å². The molecule has 1 aromatic rings. The Balaban J connectivity index is 2.12. The van der Waals surface area contributed by atoms with Gasteiger partial charge in [-0.05, 0) is 13.0 Å². The summed E-state index contributed by atoms with van der Waals surface area (Å²) in [7, 11) is 0. The fraction of sp³-hybridized carbons (Fsp3) is 0.444. The van der Waals surface area contributed by atoms with E-state index in [0.29, 0.717) is 25.1 Å². The second-order valence-corrected chi connectivity index (χ2v) is 6.86. The Morgan fingerprint density at radius 2 is 1.66 bits per heavy atom. The first kappa shape index (κ1) is 24.6. The van der Waals surface area contributed by atoms with Gasteiger partial charge in [-0.2, -0.15) is 0 Å². The van der Waals surface area contributed by atoms with Crippen LogP contribution in [0, 0.1) is 0 Å². The van der Waals surface area contributed by atoms with Gasteiger partial charge >= 0.3 is 0 Å². The smallest absolute Gasteiger partial charge is 0.239 e. The van der Waals surface area contributed by atoms with Gasteiger partial charge in [0.1, 0.15) is 6.23 Å². The van der Waals surface area contributed by atoms with Gasteiger partial charge in [-0.25, -0.2) is 0 Å². The van der Waals surface area contributed by atoms with Crippen LogP contribution in [0.5, 0.6) is 0 Å². The van der Waals surface area contributed by atoms with Crippen molar-refractivity contribution in [3.05, 3.63) is 35.9 Å². The third-order valence-corrected chi connectivity index (χ3v) is 4.39. The number of nitrogens with one attached hydrogen (secondary N) is 4.